The number of alkyl halides is 3. The number of nitrogens with zero attached hydrogens (tertiary/aromatic N) is 1. The van der Waals surface area contributed by atoms with Crippen molar-refractivity contribution in [1.29, 1.82) is 0 Å². The molecule has 0 aliphatic heterocycles. The second kappa shape index (κ2) is 7.20. The number of nitrogens with one attached hydrogen (secondary N) is 1. The van der Waals surface area contributed by atoms with Crippen molar-refractivity contribution < 1.29 is 13.2 Å². The highest BCUT2D eigenvalue weighted by Gasteiger charge is 2.30. The van der Waals surface area contributed by atoms with Crippen molar-refractivity contribution in [2.45, 2.75) is 26.1 Å². The molecule has 1 atom stereocenters. The summed E-state index contributed by atoms with van der Waals surface area (Å²) in [6.45, 7) is 3.93. The first-order chi connectivity index (χ1) is 12.3. The minimum Gasteiger partial charge on any atom is -0.359 e. The van der Waals surface area contributed by atoms with Crippen LogP contribution in [0.2, 0.25) is 0 Å². The molecule has 26 heavy (non-hydrogen) atoms. The van der Waals surface area contributed by atoms with E-state index in [0.29, 0.717) is 5.82 Å². The number of pyridine rings is 1. The maximum absolute atomic E-state index is 12.9. The number of rotatable bonds is 4. The molecule has 0 fully saturated rings. The number of hydrogen-bond donors (Lipinski definition) is 1. The van der Waals surface area contributed by atoms with Crippen LogP contribution in [-0.2, 0) is 6.18 Å². The molecule has 1 N–H and O–H groups in total. The minimum atomic E-state index is -4.34. The third kappa shape index (κ3) is 4.04. The molecule has 0 saturated heterocycles. The van der Waals surface area contributed by atoms with Gasteiger partial charge in [-0.1, -0.05) is 48.0 Å². The van der Waals surface area contributed by atoms with Crippen molar-refractivity contribution in [3.8, 4) is 0 Å². The highest BCUT2D eigenvalue weighted by atomic mass is 19.4. The van der Waals surface area contributed by atoms with Crippen LogP contribution in [0.25, 0.3) is 0 Å². The largest absolute Gasteiger partial charge is 0.416 e. The van der Waals surface area contributed by atoms with Gasteiger partial charge in [-0.2, -0.15) is 13.2 Å². The van der Waals surface area contributed by atoms with E-state index in [9.17, 15) is 13.2 Å². The highest BCUT2D eigenvalue weighted by molar-refractivity contribution is 5.49. The predicted octanol–water partition coefficient (Wildman–Crippen LogP) is 5.92. The molecule has 1 unspecified atom stereocenters. The minimum absolute atomic E-state index is 0.300. The topological polar surface area (TPSA) is 24.9 Å². The van der Waals surface area contributed by atoms with Gasteiger partial charge in [0.15, 0.2) is 0 Å². The van der Waals surface area contributed by atoms with E-state index in [2.05, 4.69) is 10.3 Å². The first-order valence-electron chi connectivity index (χ1n) is 8.26. The summed E-state index contributed by atoms with van der Waals surface area (Å²) in [6, 6.07) is 16.7. The van der Waals surface area contributed by atoms with Gasteiger partial charge in [-0.15, -0.1) is 0 Å². The summed E-state index contributed by atoms with van der Waals surface area (Å²) >= 11 is 0. The van der Waals surface area contributed by atoms with Crippen LogP contribution in [0.4, 0.5) is 19.0 Å². The Hall–Kier alpha value is -2.82. The molecule has 0 radical (unpaired) electrons. The van der Waals surface area contributed by atoms with Crippen molar-refractivity contribution in [3.63, 3.8) is 0 Å². The Balaban J connectivity index is 2.00. The lowest BCUT2D eigenvalue weighted by Crippen LogP contribution is -2.15. The second-order valence-electron chi connectivity index (χ2n) is 6.28. The van der Waals surface area contributed by atoms with Crippen LogP contribution in [0.15, 0.2) is 66.9 Å². The molecule has 2 aromatic carbocycles. The van der Waals surface area contributed by atoms with Gasteiger partial charge in [0.05, 0.1) is 11.6 Å². The third-order valence-corrected chi connectivity index (χ3v) is 4.27. The van der Waals surface area contributed by atoms with Gasteiger partial charge in [-0.25, -0.2) is 4.98 Å². The zero-order chi connectivity index (χ0) is 18.7. The first kappa shape index (κ1) is 18.0. The summed E-state index contributed by atoms with van der Waals surface area (Å²) in [7, 11) is 0. The molecule has 0 aliphatic carbocycles. The number of benzene rings is 2. The van der Waals surface area contributed by atoms with E-state index in [-0.39, 0.29) is 6.04 Å². The summed E-state index contributed by atoms with van der Waals surface area (Å²) in [5, 5.41) is 3.37. The van der Waals surface area contributed by atoms with Crippen molar-refractivity contribution in [2.75, 3.05) is 5.32 Å². The fraction of sp³-hybridized carbons (Fsp3) is 0.190. The number of hydrogen-bond acceptors (Lipinski definition) is 2. The third-order valence-electron chi connectivity index (χ3n) is 4.27. The van der Waals surface area contributed by atoms with Crippen molar-refractivity contribution >= 4 is 5.82 Å². The Morgan fingerprint density at radius 3 is 1.96 bits per heavy atom. The lowest BCUT2D eigenvalue weighted by atomic mass is 9.96. The average molecular weight is 356 g/mol. The van der Waals surface area contributed by atoms with Gasteiger partial charge in [-0.05, 0) is 48.7 Å². The van der Waals surface area contributed by atoms with Gasteiger partial charge in [0.1, 0.15) is 5.82 Å². The normalized spacial score (nSPS) is 12.7. The standard InChI is InChI=1S/C21H19F3N2/c1-14-5-7-16(8-6-14)19(26-20-15(2)4-3-13-25-20)17-9-11-18(12-10-17)21(22,23)24/h3-13,19H,1-2H3,(H,25,26). The molecule has 3 rings (SSSR count). The van der Waals surface area contributed by atoms with Crippen LogP contribution in [0.5, 0.6) is 0 Å². The van der Waals surface area contributed by atoms with Gasteiger partial charge in [0, 0.05) is 6.20 Å². The van der Waals surface area contributed by atoms with Crippen molar-refractivity contribution in [1.82, 2.24) is 4.98 Å². The van der Waals surface area contributed by atoms with Crippen LogP contribution in [0, 0.1) is 13.8 Å². The average Bonchev–Trinajstić information content (AvgIpc) is 2.61. The van der Waals surface area contributed by atoms with Gasteiger partial charge >= 0.3 is 6.18 Å². The SMILES string of the molecule is Cc1ccc(C(Nc2ncccc2C)c2ccc(C(F)(F)F)cc2)cc1. The number of anilines is 1. The summed E-state index contributed by atoms with van der Waals surface area (Å²) < 4.78 is 38.6. The smallest absolute Gasteiger partial charge is 0.359 e. The second-order valence-corrected chi connectivity index (χ2v) is 6.28. The van der Waals surface area contributed by atoms with E-state index in [1.807, 2.05) is 50.2 Å². The van der Waals surface area contributed by atoms with Crippen molar-refractivity contribution in [2.24, 2.45) is 0 Å². The molecule has 1 heterocycles. The molecule has 2 nitrogen and oxygen atoms in total. The summed E-state index contributed by atoms with van der Waals surface area (Å²) in [5.74, 6) is 0.706. The van der Waals surface area contributed by atoms with E-state index in [0.717, 1.165) is 34.4 Å². The van der Waals surface area contributed by atoms with Gasteiger partial charge in [0.25, 0.3) is 0 Å². The van der Waals surface area contributed by atoms with Crippen LogP contribution in [0.1, 0.15) is 33.9 Å². The van der Waals surface area contributed by atoms with Crippen LogP contribution >= 0.6 is 0 Å². The maximum atomic E-state index is 12.9. The van der Waals surface area contributed by atoms with Gasteiger partial charge < -0.3 is 5.32 Å². The molecule has 0 aliphatic rings. The quantitative estimate of drug-likeness (QED) is 0.628. The zero-order valence-electron chi connectivity index (χ0n) is 14.5. The molecule has 0 saturated carbocycles. The molecule has 1 aromatic heterocycles. The summed E-state index contributed by atoms with van der Waals surface area (Å²) in [6.07, 6.45) is -2.66. The molecule has 0 bridgehead atoms. The Bertz CT molecular complexity index is 869. The van der Waals surface area contributed by atoms with E-state index < -0.39 is 11.7 Å². The Labute approximate surface area is 150 Å². The Morgan fingerprint density at radius 1 is 0.846 bits per heavy atom. The van der Waals surface area contributed by atoms with Gasteiger partial charge in [-0.3, -0.25) is 0 Å². The van der Waals surface area contributed by atoms with Crippen LogP contribution in [-0.4, -0.2) is 4.98 Å². The lowest BCUT2D eigenvalue weighted by molar-refractivity contribution is -0.137. The molecule has 134 valence electrons. The Morgan fingerprint density at radius 2 is 1.42 bits per heavy atom. The van der Waals surface area contributed by atoms with Crippen LogP contribution in [0.3, 0.4) is 0 Å². The highest BCUT2D eigenvalue weighted by Crippen LogP contribution is 2.32. The number of aryl methyl sites for hydroxylation is 2. The monoisotopic (exact) mass is 356 g/mol. The number of halogens is 3. The summed E-state index contributed by atoms with van der Waals surface area (Å²) in [4.78, 5) is 4.35. The first-order valence-corrected chi connectivity index (χ1v) is 8.26. The fourth-order valence-electron chi connectivity index (χ4n) is 2.76. The van der Waals surface area contributed by atoms with E-state index in [1.54, 1.807) is 6.20 Å². The molecule has 5 heteroatoms. The maximum Gasteiger partial charge on any atom is 0.416 e. The van der Waals surface area contributed by atoms with E-state index in [1.165, 1.54) is 12.1 Å². The predicted molar refractivity (Wildman–Crippen MR) is 97.1 cm³/mol. The molecular formula is C21H19F3N2. The molecule has 3 aromatic rings. The van der Waals surface area contributed by atoms with Crippen molar-refractivity contribution in [3.05, 3.63) is 94.7 Å². The van der Waals surface area contributed by atoms with Gasteiger partial charge in [0.2, 0.25) is 0 Å². The summed E-state index contributed by atoms with van der Waals surface area (Å²) in [5.41, 5.74) is 3.13. The van der Waals surface area contributed by atoms with Crippen LogP contribution < -0.4 is 5.32 Å². The van der Waals surface area contributed by atoms with E-state index in [4.69, 9.17) is 0 Å². The molecule has 0 spiro atoms. The van der Waals surface area contributed by atoms with E-state index >= 15 is 0 Å². The molecular weight excluding hydrogens is 337 g/mol. The zero-order valence-corrected chi connectivity index (χ0v) is 14.5. The Kier molecular flexibility index (Phi) is 4.98. The molecule has 0 amide bonds. The lowest BCUT2D eigenvalue weighted by Gasteiger charge is -2.22. The number of aromatic nitrogens is 1. The fourth-order valence-corrected chi connectivity index (χ4v) is 2.76.